The van der Waals surface area contributed by atoms with Crippen molar-refractivity contribution < 1.29 is 5.11 Å². The number of rotatable bonds is 3. The van der Waals surface area contributed by atoms with Crippen molar-refractivity contribution >= 4 is 22.8 Å². The van der Waals surface area contributed by atoms with Crippen molar-refractivity contribution in [2.24, 2.45) is 11.1 Å². The van der Waals surface area contributed by atoms with Crippen LogP contribution in [-0.2, 0) is 13.0 Å². The van der Waals surface area contributed by atoms with Crippen molar-refractivity contribution in [2.45, 2.75) is 51.2 Å². The zero-order chi connectivity index (χ0) is 21.7. The second-order valence-corrected chi connectivity index (χ2v) is 9.65. The Balaban J connectivity index is 1.26. The first-order chi connectivity index (χ1) is 15.7. The highest BCUT2D eigenvalue weighted by Crippen LogP contribution is 2.51. The van der Waals surface area contributed by atoms with Crippen molar-refractivity contribution in [2.75, 3.05) is 36.0 Å². The summed E-state index contributed by atoms with van der Waals surface area (Å²) >= 11 is 0. The molecule has 1 aliphatic carbocycles. The van der Waals surface area contributed by atoms with Crippen LogP contribution in [0.4, 0.5) is 11.6 Å². The summed E-state index contributed by atoms with van der Waals surface area (Å²) in [5, 5.41) is 17.7. The molecular formula is C24H31N7O. The van der Waals surface area contributed by atoms with E-state index in [-0.39, 0.29) is 18.1 Å². The predicted octanol–water partition coefficient (Wildman–Crippen LogP) is 2.68. The van der Waals surface area contributed by atoms with Crippen molar-refractivity contribution in [3.05, 3.63) is 41.1 Å². The minimum atomic E-state index is -0.129. The highest BCUT2D eigenvalue weighted by atomic mass is 16.3. The summed E-state index contributed by atoms with van der Waals surface area (Å²) in [5.74, 6) is 1.63. The van der Waals surface area contributed by atoms with E-state index in [9.17, 15) is 5.11 Å². The number of aromatic nitrogens is 4. The second kappa shape index (κ2) is 7.71. The molecular weight excluding hydrogens is 402 g/mol. The smallest absolute Gasteiger partial charge is 0.178 e. The van der Waals surface area contributed by atoms with E-state index in [1.165, 1.54) is 30.4 Å². The van der Waals surface area contributed by atoms with E-state index < -0.39 is 0 Å². The van der Waals surface area contributed by atoms with Gasteiger partial charge in [-0.15, -0.1) is 0 Å². The second-order valence-electron chi connectivity index (χ2n) is 9.65. The van der Waals surface area contributed by atoms with Crippen LogP contribution in [0, 0.1) is 5.41 Å². The Morgan fingerprint density at radius 2 is 1.75 bits per heavy atom. The first-order valence-corrected chi connectivity index (χ1v) is 11.9. The first kappa shape index (κ1) is 19.9. The number of piperidine rings is 2. The Bertz CT molecular complexity index is 1130. The summed E-state index contributed by atoms with van der Waals surface area (Å²) in [6.07, 6.45) is 6.69. The molecule has 8 heteroatoms. The monoisotopic (exact) mass is 433 g/mol. The largest absolute Gasteiger partial charge is 0.390 e. The van der Waals surface area contributed by atoms with Gasteiger partial charge in [-0.25, -0.2) is 9.97 Å². The fourth-order valence-electron chi connectivity index (χ4n) is 6.01. The molecule has 0 amide bonds. The van der Waals surface area contributed by atoms with Crippen LogP contribution >= 0.6 is 0 Å². The number of aromatic amines is 1. The SMILES string of the molecule is N[C@@H]1c2ccccc2CC12CCN(c1nc3[nH]nc(N4CCCCC4)c3nc1CO)CC2. The molecule has 2 aromatic heterocycles. The van der Waals surface area contributed by atoms with Gasteiger partial charge in [0.25, 0.3) is 0 Å². The number of aliphatic hydroxyl groups excluding tert-OH is 1. The predicted molar refractivity (Wildman–Crippen MR) is 125 cm³/mol. The van der Waals surface area contributed by atoms with Gasteiger partial charge >= 0.3 is 0 Å². The van der Waals surface area contributed by atoms with Crippen LogP contribution in [0.1, 0.15) is 55.0 Å². The average Bonchev–Trinajstić information content (AvgIpc) is 3.38. The number of fused-ring (bicyclic) bond motifs is 2. The molecule has 4 N–H and O–H groups in total. The lowest BCUT2D eigenvalue weighted by molar-refractivity contribution is 0.187. The summed E-state index contributed by atoms with van der Waals surface area (Å²) in [6.45, 7) is 3.59. The zero-order valence-electron chi connectivity index (χ0n) is 18.4. The number of H-pyrrole nitrogens is 1. The van der Waals surface area contributed by atoms with Gasteiger partial charge in [0.05, 0.1) is 6.61 Å². The Morgan fingerprint density at radius 1 is 1.00 bits per heavy atom. The number of nitrogens with two attached hydrogens (primary N) is 1. The molecule has 6 rings (SSSR count). The first-order valence-electron chi connectivity index (χ1n) is 11.9. The van der Waals surface area contributed by atoms with Gasteiger partial charge < -0.3 is 20.6 Å². The standard InChI is InChI=1S/C24H31N7O/c25-20-17-7-3-2-6-16(17)14-24(20)8-12-31(13-9-24)22-18(15-32)26-19-21(27-22)28-29-23(19)30-10-4-1-5-11-30/h2-3,6-7,20,32H,1,4-5,8-15,25H2,(H,27,28,29)/t20-/m1/s1. The summed E-state index contributed by atoms with van der Waals surface area (Å²) in [4.78, 5) is 14.3. The van der Waals surface area contributed by atoms with E-state index in [0.29, 0.717) is 11.3 Å². The Morgan fingerprint density at radius 3 is 2.50 bits per heavy atom. The number of anilines is 2. The highest BCUT2D eigenvalue weighted by molar-refractivity contribution is 5.85. The van der Waals surface area contributed by atoms with E-state index in [1.54, 1.807) is 0 Å². The fraction of sp³-hybridized carbons (Fsp3) is 0.542. The van der Waals surface area contributed by atoms with Gasteiger partial charge in [-0.1, -0.05) is 24.3 Å². The molecule has 3 aliphatic rings. The van der Waals surface area contributed by atoms with Gasteiger partial charge in [-0.05, 0) is 55.1 Å². The van der Waals surface area contributed by atoms with Crippen molar-refractivity contribution in [1.82, 2.24) is 20.2 Å². The summed E-state index contributed by atoms with van der Waals surface area (Å²) in [5.41, 5.74) is 11.7. The molecule has 1 aromatic carbocycles. The summed E-state index contributed by atoms with van der Waals surface area (Å²) in [7, 11) is 0. The number of hydrogen-bond acceptors (Lipinski definition) is 7. The van der Waals surface area contributed by atoms with Crippen LogP contribution in [-0.4, -0.2) is 51.5 Å². The van der Waals surface area contributed by atoms with Crippen LogP contribution in [0.3, 0.4) is 0 Å². The lowest BCUT2D eigenvalue weighted by Crippen LogP contribution is -2.45. The number of aliphatic hydroxyl groups is 1. The van der Waals surface area contributed by atoms with E-state index in [1.807, 2.05) is 0 Å². The Labute approximate surface area is 187 Å². The molecule has 0 unspecified atom stereocenters. The summed E-state index contributed by atoms with van der Waals surface area (Å²) in [6, 6.07) is 8.70. The van der Waals surface area contributed by atoms with E-state index >= 15 is 0 Å². The lowest BCUT2D eigenvalue weighted by Gasteiger charge is -2.42. The van der Waals surface area contributed by atoms with Crippen LogP contribution in [0.2, 0.25) is 0 Å². The third-order valence-electron chi connectivity index (χ3n) is 7.88. The molecule has 32 heavy (non-hydrogen) atoms. The summed E-state index contributed by atoms with van der Waals surface area (Å²) < 4.78 is 0. The van der Waals surface area contributed by atoms with Gasteiger partial charge in [0.2, 0.25) is 0 Å². The normalized spacial score (nSPS) is 22.6. The van der Waals surface area contributed by atoms with Gasteiger partial charge in [0.15, 0.2) is 22.8 Å². The van der Waals surface area contributed by atoms with Crippen LogP contribution in [0.15, 0.2) is 24.3 Å². The minimum absolute atomic E-state index is 0.0893. The van der Waals surface area contributed by atoms with Gasteiger partial charge in [-0.3, -0.25) is 5.10 Å². The van der Waals surface area contributed by atoms with Gasteiger partial charge in [0.1, 0.15) is 5.69 Å². The number of nitrogens with zero attached hydrogens (tertiary/aromatic N) is 5. The quantitative estimate of drug-likeness (QED) is 0.583. The molecule has 1 atom stereocenters. The van der Waals surface area contributed by atoms with Crippen molar-refractivity contribution in [3.63, 3.8) is 0 Å². The molecule has 8 nitrogen and oxygen atoms in total. The molecule has 3 aromatic rings. The number of benzene rings is 1. The maximum absolute atomic E-state index is 10.1. The fourth-order valence-corrected chi connectivity index (χ4v) is 6.01. The van der Waals surface area contributed by atoms with Crippen molar-refractivity contribution in [3.8, 4) is 0 Å². The Kier molecular flexibility index (Phi) is 4.80. The molecule has 0 bridgehead atoms. The van der Waals surface area contributed by atoms with Gasteiger partial charge in [0, 0.05) is 32.2 Å². The Hall–Kier alpha value is -2.71. The van der Waals surface area contributed by atoms with Crippen LogP contribution in [0.25, 0.3) is 11.2 Å². The highest BCUT2D eigenvalue weighted by Gasteiger charge is 2.46. The topological polar surface area (TPSA) is 107 Å². The number of hydrogen-bond donors (Lipinski definition) is 3. The molecule has 1 spiro atoms. The van der Waals surface area contributed by atoms with E-state index in [4.69, 9.17) is 15.7 Å². The molecule has 2 saturated heterocycles. The third kappa shape index (κ3) is 3.08. The molecule has 2 fully saturated rings. The lowest BCUT2D eigenvalue weighted by atomic mass is 9.73. The van der Waals surface area contributed by atoms with E-state index in [2.05, 4.69) is 44.3 Å². The van der Waals surface area contributed by atoms with E-state index in [0.717, 1.165) is 62.6 Å². The van der Waals surface area contributed by atoms with Crippen molar-refractivity contribution in [1.29, 1.82) is 0 Å². The van der Waals surface area contributed by atoms with Gasteiger partial charge in [-0.2, -0.15) is 5.10 Å². The van der Waals surface area contributed by atoms with Crippen LogP contribution < -0.4 is 15.5 Å². The zero-order valence-corrected chi connectivity index (χ0v) is 18.4. The minimum Gasteiger partial charge on any atom is -0.390 e. The average molecular weight is 434 g/mol. The maximum atomic E-state index is 10.1. The molecule has 168 valence electrons. The van der Waals surface area contributed by atoms with Crippen LogP contribution in [0.5, 0.6) is 0 Å². The maximum Gasteiger partial charge on any atom is 0.178 e. The molecule has 4 heterocycles. The molecule has 0 radical (unpaired) electrons. The third-order valence-corrected chi connectivity index (χ3v) is 7.88. The molecule has 2 aliphatic heterocycles. The molecule has 0 saturated carbocycles. The number of nitrogens with one attached hydrogen (secondary N) is 1.